The van der Waals surface area contributed by atoms with Gasteiger partial charge in [-0.25, -0.2) is 0 Å². The molecule has 6 rings (SSSR count). The van der Waals surface area contributed by atoms with Gasteiger partial charge in [0.15, 0.2) is 0 Å². The van der Waals surface area contributed by atoms with Crippen molar-refractivity contribution in [3.05, 3.63) is 48.6 Å². The van der Waals surface area contributed by atoms with Crippen LogP contribution in [0.3, 0.4) is 0 Å². The Morgan fingerprint density at radius 1 is 0.447 bits per heavy atom. The fourth-order valence-corrected chi connectivity index (χ4v) is 8.39. The van der Waals surface area contributed by atoms with Crippen LogP contribution in [0.4, 0.5) is 0 Å². The van der Waals surface area contributed by atoms with Crippen LogP contribution in [0.25, 0.3) is 0 Å². The van der Waals surface area contributed by atoms with Crippen LogP contribution in [0, 0.1) is 5.92 Å². The summed E-state index contributed by atoms with van der Waals surface area (Å²) in [7, 11) is 0. The SMILES string of the molecule is CC(C=C1N(C2CCCCC2)C=CN1C1CCCCC1)C=C1N(C2CCCCC2)C=CN1C1CCCCC1. The smallest absolute Gasteiger partial charge is 0.109 e. The lowest BCUT2D eigenvalue weighted by Crippen LogP contribution is -2.39. The highest BCUT2D eigenvalue weighted by Crippen LogP contribution is 2.38. The number of rotatable bonds is 6. The summed E-state index contributed by atoms with van der Waals surface area (Å²) in [6, 6.07) is 2.74. The minimum Gasteiger partial charge on any atom is -0.330 e. The van der Waals surface area contributed by atoms with E-state index >= 15 is 0 Å². The summed E-state index contributed by atoms with van der Waals surface area (Å²) < 4.78 is 0. The van der Waals surface area contributed by atoms with Crippen LogP contribution in [0.1, 0.15) is 135 Å². The molecule has 0 spiro atoms. The Bertz CT molecular complexity index is 746. The van der Waals surface area contributed by atoms with Gasteiger partial charge in [-0.15, -0.1) is 0 Å². The Balaban J connectivity index is 1.28. The molecule has 4 heteroatoms. The first-order valence-electron chi connectivity index (χ1n) is 16.7. The van der Waals surface area contributed by atoms with Crippen LogP contribution in [-0.2, 0) is 0 Å². The van der Waals surface area contributed by atoms with E-state index in [4.69, 9.17) is 0 Å². The molecular formula is C34H54N4. The van der Waals surface area contributed by atoms with Crippen molar-refractivity contribution in [2.75, 3.05) is 0 Å². The zero-order valence-corrected chi connectivity index (χ0v) is 24.3. The fourth-order valence-electron chi connectivity index (χ4n) is 8.39. The molecule has 6 aliphatic rings. The molecule has 0 amide bonds. The molecule has 4 saturated carbocycles. The number of nitrogens with zero attached hydrogens (tertiary/aromatic N) is 4. The Hall–Kier alpha value is -1.84. The Labute approximate surface area is 233 Å². The maximum atomic E-state index is 2.69. The van der Waals surface area contributed by atoms with Gasteiger partial charge in [0.05, 0.1) is 0 Å². The van der Waals surface area contributed by atoms with E-state index in [9.17, 15) is 0 Å². The van der Waals surface area contributed by atoms with Crippen molar-refractivity contribution in [3.63, 3.8) is 0 Å². The van der Waals surface area contributed by atoms with Crippen molar-refractivity contribution >= 4 is 0 Å². The molecule has 4 aliphatic carbocycles. The van der Waals surface area contributed by atoms with Gasteiger partial charge in [0.25, 0.3) is 0 Å². The highest BCUT2D eigenvalue weighted by Gasteiger charge is 2.34. The van der Waals surface area contributed by atoms with Gasteiger partial charge in [-0.1, -0.05) is 84.0 Å². The van der Waals surface area contributed by atoms with E-state index in [1.54, 1.807) is 0 Å². The van der Waals surface area contributed by atoms with Gasteiger partial charge >= 0.3 is 0 Å². The van der Waals surface area contributed by atoms with E-state index in [1.165, 1.54) is 140 Å². The number of hydrogen-bond donors (Lipinski definition) is 0. The predicted octanol–water partition coefficient (Wildman–Crippen LogP) is 8.81. The minimum absolute atomic E-state index is 0.411. The second-order valence-electron chi connectivity index (χ2n) is 13.3. The molecule has 0 radical (unpaired) electrons. The van der Waals surface area contributed by atoms with Crippen molar-refractivity contribution in [1.29, 1.82) is 0 Å². The summed E-state index contributed by atoms with van der Waals surface area (Å²) in [4.78, 5) is 10.8. The summed E-state index contributed by atoms with van der Waals surface area (Å²) in [5.41, 5.74) is 0. The van der Waals surface area contributed by atoms with E-state index in [0.717, 1.165) is 0 Å². The number of hydrogen-bond acceptors (Lipinski definition) is 4. The van der Waals surface area contributed by atoms with Gasteiger partial charge in [-0.2, -0.15) is 0 Å². The third kappa shape index (κ3) is 5.85. The molecule has 210 valence electrons. The summed E-state index contributed by atoms with van der Waals surface area (Å²) >= 11 is 0. The average molecular weight is 519 g/mol. The predicted molar refractivity (Wildman–Crippen MR) is 158 cm³/mol. The maximum absolute atomic E-state index is 2.69. The third-order valence-corrected chi connectivity index (χ3v) is 10.5. The monoisotopic (exact) mass is 518 g/mol. The Kier molecular flexibility index (Phi) is 8.72. The van der Waals surface area contributed by atoms with Crippen LogP contribution in [0.5, 0.6) is 0 Å². The van der Waals surface area contributed by atoms with E-state index in [-0.39, 0.29) is 0 Å². The Morgan fingerprint density at radius 2 is 0.684 bits per heavy atom. The standard InChI is InChI=1S/C34H54N4/c1-28(26-33-35(29-14-6-2-7-15-29)22-23-36(33)30-16-8-3-9-17-30)27-34-37(31-18-10-4-11-19-31)24-25-38(34)32-20-12-5-13-21-32/h22-32H,2-21H2,1H3. The summed E-state index contributed by atoms with van der Waals surface area (Å²) in [5.74, 6) is 3.40. The molecule has 2 aliphatic heterocycles. The van der Waals surface area contributed by atoms with Crippen molar-refractivity contribution in [3.8, 4) is 0 Å². The minimum atomic E-state index is 0.411. The molecule has 0 bridgehead atoms. The van der Waals surface area contributed by atoms with Gasteiger partial charge < -0.3 is 19.6 Å². The average Bonchev–Trinajstić information content (AvgIpc) is 3.59. The molecular weight excluding hydrogens is 464 g/mol. The van der Waals surface area contributed by atoms with E-state index in [0.29, 0.717) is 30.1 Å². The van der Waals surface area contributed by atoms with Crippen LogP contribution in [0.15, 0.2) is 48.6 Å². The molecule has 38 heavy (non-hydrogen) atoms. The Morgan fingerprint density at radius 3 is 0.921 bits per heavy atom. The highest BCUT2D eigenvalue weighted by molar-refractivity contribution is 5.24. The first-order chi connectivity index (χ1) is 18.8. The number of allylic oxidation sites excluding steroid dienone is 2. The zero-order valence-electron chi connectivity index (χ0n) is 24.3. The molecule has 0 N–H and O–H groups in total. The highest BCUT2D eigenvalue weighted by atomic mass is 15.4. The lowest BCUT2D eigenvalue weighted by atomic mass is 9.93. The normalized spacial score (nSPS) is 26.9. The lowest BCUT2D eigenvalue weighted by molar-refractivity contribution is 0.188. The molecule has 0 aromatic rings. The van der Waals surface area contributed by atoms with E-state index in [1.807, 2.05) is 0 Å². The van der Waals surface area contributed by atoms with Gasteiger partial charge in [0, 0.05) is 49.0 Å². The second kappa shape index (κ2) is 12.6. The zero-order chi connectivity index (χ0) is 25.7. The van der Waals surface area contributed by atoms with Gasteiger partial charge in [0.2, 0.25) is 0 Å². The van der Waals surface area contributed by atoms with Gasteiger partial charge in [0.1, 0.15) is 11.6 Å². The van der Waals surface area contributed by atoms with Crippen molar-refractivity contribution < 1.29 is 0 Å². The van der Waals surface area contributed by atoms with Crippen molar-refractivity contribution in [2.24, 2.45) is 5.92 Å². The molecule has 2 heterocycles. The largest absolute Gasteiger partial charge is 0.330 e. The lowest BCUT2D eigenvalue weighted by Gasteiger charge is -2.39. The first-order valence-corrected chi connectivity index (χ1v) is 16.7. The fraction of sp³-hybridized carbons (Fsp3) is 0.765. The van der Waals surface area contributed by atoms with Gasteiger partial charge in [-0.05, 0) is 69.4 Å². The van der Waals surface area contributed by atoms with Crippen molar-refractivity contribution in [1.82, 2.24) is 19.6 Å². The third-order valence-electron chi connectivity index (χ3n) is 10.5. The molecule has 0 atom stereocenters. The summed E-state index contributed by atoms with van der Waals surface area (Å²) in [5, 5.41) is 0. The summed E-state index contributed by atoms with van der Waals surface area (Å²) in [6.45, 7) is 2.45. The first kappa shape index (κ1) is 26.4. The van der Waals surface area contributed by atoms with Crippen LogP contribution >= 0.6 is 0 Å². The topological polar surface area (TPSA) is 13.0 Å². The molecule has 4 nitrogen and oxygen atoms in total. The molecule has 4 fully saturated rings. The van der Waals surface area contributed by atoms with Gasteiger partial charge in [-0.3, -0.25) is 0 Å². The van der Waals surface area contributed by atoms with E-state index in [2.05, 4.69) is 63.5 Å². The van der Waals surface area contributed by atoms with Crippen molar-refractivity contribution in [2.45, 2.75) is 160 Å². The van der Waals surface area contributed by atoms with Crippen LogP contribution in [0.2, 0.25) is 0 Å². The second-order valence-corrected chi connectivity index (χ2v) is 13.3. The molecule has 0 aromatic heterocycles. The molecule has 0 unspecified atom stereocenters. The summed E-state index contributed by atoms with van der Waals surface area (Å²) in [6.07, 6.45) is 42.7. The maximum Gasteiger partial charge on any atom is 0.109 e. The quantitative estimate of drug-likeness (QED) is 0.348. The van der Waals surface area contributed by atoms with E-state index < -0.39 is 0 Å². The molecule has 0 saturated heterocycles. The molecule has 0 aromatic carbocycles. The van der Waals surface area contributed by atoms with Crippen LogP contribution in [-0.4, -0.2) is 43.8 Å². The van der Waals surface area contributed by atoms with Crippen LogP contribution < -0.4 is 0 Å².